The molecule has 0 aliphatic carbocycles. The molecule has 0 aromatic heterocycles. The number of hydrogen-bond acceptors (Lipinski definition) is 7. The zero-order valence-corrected chi connectivity index (χ0v) is 23.4. The standard InChI is InChI=1S/C28H53N3O6/c1-3-4-5-6-7-8-9-10-11-12-13-14-15-16-17-18-21-37-26(34)22-31(27(35)23(2)29)28(36)24(30)19-20-25(32)33/h23-24H,3-22,29-30H2,1-2H3,(H,32,33)/t23-,24+/m0/s1. The summed E-state index contributed by atoms with van der Waals surface area (Å²) in [5.41, 5.74) is 11.3. The molecule has 216 valence electrons. The third kappa shape index (κ3) is 19.7. The Bertz CT molecular complexity index is 641. The molecule has 0 spiro atoms. The first-order valence-corrected chi connectivity index (χ1v) is 14.4. The number of rotatable bonds is 24. The van der Waals surface area contributed by atoms with E-state index in [-0.39, 0.29) is 19.4 Å². The zero-order valence-electron chi connectivity index (χ0n) is 23.4. The molecule has 0 radical (unpaired) electrons. The van der Waals surface area contributed by atoms with Gasteiger partial charge in [-0.25, -0.2) is 0 Å². The van der Waals surface area contributed by atoms with Crippen molar-refractivity contribution < 1.29 is 29.0 Å². The molecule has 0 unspecified atom stereocenters. The summed E-state index contributed by atoms with van der Waals surface area (Å²) in [6, 6.07) is -2.23. The van der Waals surface area contributed by atoms with E-state index in [9.17, 15) is 19.2 Å². The van der Waals surface area contributed by atoms with Crippen LogP contribution in [0.2, 0.25) is 0 Å². The average Bonchev–Trinajstić information content (AvgIpc) is 2.86. The van der Waals surface area contributed by atoms with Crippen LogP contribution in [-0.2, 0) is 23.9 Å². The summed E-state index contributed by atoms with van der Waals surface area (Å²) in [5.74, 6) is -3.40. The van der Waals surface area contributed by atoms with Crippen LogP contribution in [0.4, 0.5) is 0 Å². The summed E-state index contributed by atoms with van der Waals surface area (Å²) in [6.07, 6.45) is 19.6. The minimum Gasteiger partial charge on any atom is -0.481 e. The van der Waals surface area contributed by atoms with Crippen LogP contribution in [0.5, 0.6) is 0 Å². The van der Waals surface area contributed by atoms with Crippen molar-refractivity contribution in [2.45, 2.75) is 142 Å². The molecule has 0 aliphatic heterocycles. The number of aliphatic carboxylic acids is 1. The second-order valence-electron chi connectivity index (χ2n) is 10.1. The maximum absolute atomic E-state index is 12.5. The summed E-state index contributed by atoms with van der Waals surface area (Å²) < 4.78 is 5.19. The third-order valence-corrected chi connectivity index (χ3v) is 6.46. The predicted molar refractivity (Wildman–Crippen MR) is 146 cm³/mol. The number of ether oxygens (including phenoxy) is 1. The summed E-state index contributed by atoms with van der Waals surface area (Å²) in [6.45, 7) is 3.28. The number of carboxylic acid groups (broad SMARTS) is 1. The van der Waals surface area contributed by atoms with Gasteiger partial charge in [0.15, 0.2) is 0 Å². The number of imide groups is 1. The van der Waals surface area contributed by atoms with Crippen molar-refractivity contribution in [2.24, 2.45) is 11.5 Å². The van der Waals surface area contributed by atoms with Crippen LogP contribution in [0.15, 0.2) is 0 Å². The van der Waals surface area contributed by atoms with Gasteiger partial charge in [-0.1, -0.05) is 103 Å². The molecular formula is C28H53N3O6. The van der Waals surface area contributed by atoms with E-state index in [4.69, 9.17) is 21.3 Å². The van der Waals surface area contributed by atoms with E-state index < -0.39 is 42.4 Å². The molecular weight excluding hydrogens is 474 g/mol. The average molecular weight is 528 g/mol. The van der Waals surface area contributed by atoms with Gasteiger partial charge in [0.25, 0.3) is 0 Å². The highest BCUT2D eigenvalue weighted by Crippen LogP contribution is 2.14. The molecule has 0 aromatic rings. The maximum Gasteiger partial charge on any atom is 0.326 e. The van der Waals surface area contributed by atoms with Crippen molar-refractivity contribution in [2.75, 3.05) is 13.2 Å². The number of carbonyl (C=O) groups excluding carboxylic acids is 3. The first kappa shape index (κ1) is 35.0. The highest BCUT2D eigenvalue weighted by molar-refractivity contribution is 6.02. The fourth-order valence-electron chi connectivity index (χ4n) is 4.12. The molecule has 37 heavy (non-hydrogen) atoms. The number of unbranched alkanes of at least 4 members (excludes halogenated alkanes) is 15. The Balaban J connectivity index is 3.91. The van der Waals surface area contributed by atoms with Gasteiger partial charge in [0.1, 0.15) is 6.54 Å². The topological polar surface area (TPSA) is 153 Å². The van der Waals surface area contributed by atoms with Gasteiger partial charge in [-0.05, 0) is 19.8 Å². The highest BCUT2D eigenvalue weighted by Gasteiger charge is 2.30. The monoisotopic (exact) mass is 527 g/mol. The molecule has 0 saturated heterocycles. The second-order valence-corrected chi connectivity index (χ2v) is 10.1. The number of hydrogen-bond donors (Lipinski definition) is 3. The molecule has 0 rings (SSSR count). The van der Waals surface area contributed by atoms with Crippen molar-refractivity contribution >= 4 is 23.8 Å². The van der Waals surface area contributed by atoms with Gasteiger partial charge in [0.2, 0.25) is 11.8 Å². The molecule has 0 aromatic carbocycles. The van der Waals surface area contributed by atoms with Crippen molar-refractivity contribution in [3.8, 4) is 0 Å². The molecule has 9 nitrogen and oxygen atoms in total. The quantitative estimate of drug-likeness (QED) is 0.121. The second kappa shape index (κ2) is 23.1. The van der Waals surface area contributed by atoms with E-state index >= 15 is 0 Å². The molecule has 0 aliphatic rings. The van der Waals surface area contributed by atoms with Crippen LogP contribution in [0.1, 0.15) is 129 Å². The Morgan fingerprint density at radius 3 is 1.57 bits per heavy atom. The number of esters is 1. The molecule has 0 saturated carbocycles. The Morgan fingerprint density at radius 1 is 0.730 bits per heavy atom. The van der Waals surface area contributed by atoms with Crippen LogP contribution in [0.3, 0.4) is 0 Å². The van der Waals surface area contributed by atoms with E-state index in [0.717, 1.165) is 19.3 Å². The Kier molecular flexibility index (Phi) is 21.9. The number of carboxylic acids is 1. The lowest BCUT2D eigenvalue weighted by atomic mass is 10.0. The molecule has 2 amide bonds. The third-order valence-electron chi connectivity index (χ3n) is 6.46. The lowest BCUT2D eigenvalue weighted by Crippen LogP contribution is -2.53. The van der Waals surface area contributed by atoms with Crippen molar-refractivity contribution in [1.82, 2.24) is 4.90 Å². The van der Waals surface area contributed by atoms with Crippen molar-refractivity contribution in [3.05, 3.63) is 0 Å². The predicted octanol–water partition coefficient (Wildman–Crippen LogP) is 4.69. The molecule has 0 bridgehead atoms. The molecule has 2 atom stereocenters. The smallest absolute Gasteiger partial charge is 0.326 e. The fraction of sp³-hybridized carbons (Fsp3) is 0.857. The first-order valence-electron chi connectivity index (χ1n) is 14.4. The number of nitrogens with two attached hydrogens (primary N) is 2. The van der Waals surface area contributed by atoms with Crippen molar-refractivity contribution in [1.29, 1.82) is 0 Å². The largest absolute Gasteiger partial charge is 0.481 e. The van der Waals surface area contributed by atoms with E-state index in [1.165, 1.54) is 90.4 Å². The van der Waals surface area contributed by atoms with E-state index in [0.29, 0.717) is 4.90 Å². The van der Waals surface area contributed by atoms with E-state index in [1.807, 2.05) is 0 Å². The lowest BCUT2D eigenvalue weighted by molar-refractivity contribution is -0.156. The molecule has 0 fully saturated rings. The summed E-state index contributed by atoms with van der Waals surface area (Å²) in [4.78, 5) is 48.4. The normalized spacial score (nSPS) is 12.6. The van der Waals surface area contributed by atoms with Gasteiger partial charge in [-0.15, -0.1) is 0 Å². The Hall–Kier alpha value is -2.00. The highest BCUT2D eigenvalue weighted by atomic mass is 16.5. The van der Waals surface area contributed by atoms with Crippen molar-refractivity contribution in [3.63, 3.8) is 0 Å². The number of carbonyl (C=O) groups is 4. The lowest BCUT2D eigenvalue weighted by Gasteiger charge is -2.24. The summed E-state index contributed by atoms with van der Waals surface area (Å²) >= 11 is 0. The van der Waals surface area contributed by atoms with E-state index in [1.54, 1.807) is 0 Å². The summed E-state index contributed by atoms with van der Waals surface area (Å²) in [5, 5.41) is 8.76. The SMILES string of the molecule is CCCCCCCCCCCCCCCCCCOC(=O)CN(C(=O)[C@H](C)N)C(=O)[C@H](N)CCC(=O)O. The van der Waals surface area contributed by atoms with Crippen LogP contribution < -0.4 is 11.5 Å². The van der Waals surface area contributed by atoms with E-state index in [2.05, 4.69) is 6.92 Å². The van der Waals surface area contributed by atoms with Gasteiger partial charge < -0.3 is 21.3 Å². The minimum absolute atomic E-state index is 0.148. The number of nitrogens with zero attached hydrogens (tertiary/aromatic N) is 1. The Morgan fingerprint density at radius 2 is 1.16 bits per heavy atom. The van der Waals surface area contributed by atoms with Gasteiger partial charge in [-0.2, -0.15) is 0 Å². The summed E-state index contributed by atoms with van der Waals surface area (Å²) in [7, 11) is 0. The maximum atomic E-state index is 12.5. The first-order chi connectivity index (χ1) is 17.7. The van der Waals surface area contributed by atoms with Crippen LogP contribution in [0, 0.1) is 0 Å². The molecule has 5 N–H and O–H groups in total. The fourth-order valence-corrected chi connectivity index (χ4v) is 4.12. The van der Waals surface area contributed by atoms with Gasteiger partial charge in [-0.3, -0.25) is 24.1 Å². The Labute approximate surface area is 224 Å². The van der Waals surface area contributed by atoms with Crippen LogP contribution in [0.25, 0.3) is 0 Å². The molecule has 9 heteroatoms. The minimum atomic E-state index is -1.22. The zero-order chi connectivity index (χ0) is 27.9. The number of amides is 2. The van der Waals surface area contributed by atoms with Crippen LogP contribution in [-0.4, -0.2) is 59.0 Å². The van der Waals surface area contributed by atoms with Crippen LogP contribution >= 0.6 is 0 Å². The van der Waals surface area contributed by atoms with Gasteiger partial charge in [0.05, 0.1) is 18.7 Å². The van der Waals surface area contributed by atoms with Gasteiger partial charge >= 0.3 is 11.9 Å². The van der Waals surface area contributed by atoms with Gasteiger partial charge in [0, 0.05) is 6.42 Å². The molecule has 0 heterocycles.